The number of nitrogens with one attached hydrogen (secondary N) is 1. The molecule has 21 heavy (non-hydrogen) atoms. The van der Waals surface area contributed by atoms with Crippen molar-refractivity contribution in [3.8, 4) is 0 Å². The number of hydrogen-bond acceptors (Lipinski definition) is 2. The van der Waals surface area contributed by atoms with Crippen LogP contribution < -0.4 is 9.88 Å². The molecule has 1 heterocycles. The first-order chi connectivity index (χ1) is 10.0. The Kier molecular flexibility index (Phi) is 4.77. The van der Waals surface area contributed by atoms with Crippen molar-refractivity contribution in [1.29, 1.82) is 0 Å². The standard InChI is InChI=1S/C16H15FN2O2/c1-12(20)14-3-2-8-19(10-14)11-16(21)18-9-13-4-6-15(17)7-5-13/h2-8,10H,9,11H2,1H3/p+1. The summed E-state index contributed by atoms with van der Waals surface area (Å²) in [5.41, 5.74) is 1.39. The third kappa shape index (κ3) is 4.49. The van der Waals surface area contributed by atoms with E-state index in [0.717, 1.165) is 5.56 Å². The van der Waals surface area contributed by atoms with E-state index in [0.29, 0.717) is 12.1 Å². The van der Waals surface area contributed by atoms with Gasteiger partial charge in [0.15, 0.2) is 18.2 Å². The van der Waals surface area contributed by atoms with E-state index in [4.69, 9.17) is 0 Å². The molecule has 0 aliphatic carbocycles. The summed E-state index contributed by atoms with van der Waals surface area (Å²) in [5.74, 6) is -0.525. The van der Waals surface area contributed by atoms with Crippen LogP contribution in [0.25, 0.3) is 0 Å². The van der Waals surface area contributed by atoms with Gasteiger partial charge in [0.1, 0.15) is 5.82 Å². The maximum Gasteiger partial charge on any atom is 0.286 e. The van der Waals surface area contributed by atoms with E-state index in [1.807, 2.05) is 0 Å². The highest BCUT2D eigenvalue weighted by atomic mass is 19.1. The summed E-state index contributed by atoms with van der Waals surface area (Å²) >= 11 is 0. The Labute approximate surface area is 122 Å². The maximum atomic E-state index is 12.8. The average molecular weight is 287 g/mol. The van der Waals surface area contributed by atoms with Crippen molar-refractivity contribution in [3.05, 3.63) is 65.7 Å². The van der Waals surface area contributed by atoms with Crippen LogP contribution in [-0.4, -0.2) is 11.7 Å². The van der Waals surface area contributed by atoms with Gasteiger partial charge in [0.2, 0.25) is 6.54 Å². The van der Waals surface area contributed by atoms with Gasteiger partial charge in [-0.05, 0) is 30.7 Å². The number of nitrogens with zero attached hydrogens (tertiary/aromatic N) is 1. The Morgan fingerprint density at radius 2 is 1.90 bits per heavy atom. The van der Waals surface area contributed by atoms with Crippen molar-refractivity contribution < 1.29 is 18.5 Å². The van der Waals surface area contributed by atoms with Gasteiger partial charge in [-0.1, -0.05) is 12.1 Å². The minimum absolute atomic E-state index is 0.0453. The lowest BCUT2D eigenvalue weighted by atomic mass is 10.2. The van der Waals surface area contributed by atoms with Crippen LogP contribution >= 0.6 is 0 Å². The Balaban J connectivity index is 1.91. The van der Waals surface area contributed by atoms with Gasteiger partial charge >= 0.3 is 0 Å². The van der Waals surface area contributed by atoms with Crippen LogP contribution in [0.3, 0.4) is 0 Å². The molecule has 0 aliphatic rings. The molecule has 108 valence electrons. The van der Waals surface area contributed by atoms with Crippen LogP contribution in [0.5, 0.6) is 0 Å². The number of amides is 1. The Morgan fingerprint density at radius 1 is 1.19 bits per heavy atom. The van der Waals surface area contributed by atoms with Gasteiger partial charge in [0, 0.05) is 12.6 Å². The lowest BCUT2D eigenvalue weighted by molar-refractivity contribution is -0.684. The number of pyridine rings is 1. The minimum atomic E-state index is -0.304. The smallest absolute Gasteiger partial charge is 0.286 e. The van der Waals surface area contributed by atoms with Crippen molar-refractivity contribution in [2.45, 2.75) is 20.0 Å². The SMILES string of the molecule is CC(=O)c1ccc[n+](CC(=O)NCc2ccc(F)cc2)c1. The number of hydrogen-bond donors (Lipinski definition) is 1. The number of ketones is 1. The highest BCUT2D eigenvalue weighted by Crippen LogP contribution is 2.02. The molecule has 1 N–H and O–H groups in total. The number of halogens is 1. The van der Waals surface area contributed by atoms with Crippen LogP contribution in [-0.2, 0) is 17.9 Å². The van der Waals surface area contributed by atoms with E-state index in [-0.39, 0.29) is 24.1 Å². The van der Waals surface area contributed by atoms with Gasteiger partial charge in [0.25, 0.3) is 5.91 Å². The summed E-state index contributed by atoms with van der Waals surface area (Å²) in [5, 5.41) is 2.75. The van der Waals surface area contributed by atoms with Gasteiger partial charge < -0.3 is 5.32 Å². The molecule has 0 aliphatic heterocycles. The van der Waals surface area contributed by atoms with E-state index < -0.39 is 0 Å². The van der Waals surface area contributed by atoms with E-state index in [2.05, 4.69) is 5.32 Å². The molecule has 0 atom stereocenters. The number of benzene rings is 1. The molecule has 0 saturated carbocycles. The number of carbonyl (C=O) groups excluding carboxylic acids is 2. The molecule has 0 spiro atoms. The fraction of sp³-hybridized carbons (Fsp3) is 0.188. The fourth-order valence-electron chi connectivity index (χ4n) is 1.85. The quantitative estimate of drug-likeness (QED) is 0.671. The van der Waals surface area contributed by atoms with Gasteiger partial charge in [-0.25, -0.2) is 4.39 Å². The molecule has 0 radical (unpaired) electrons. The monoisotopic (exact) mass is 287 g/mol. The largest absolute Gasteiger partial charge is 0.347 e. The number of Topliss-reactive ketones (excluding diaryl/α,β-unsaturated/α-hetero) is 1. The molecule has 0 bridgehead atoms. The zero-order valence-corrected chi connectivity index (χ0v) is 11.7. The molecular formula is C16H16FN2O2+. The molecular weight excluding hydrogens is 271 g/mol. The maximum absolute atomic E-state index is 12.8. The number of rotatable bonds is 5. The summed E-state index contributed by atoms with van der Waals surface area (Å²) < 4.78 is 14.4. The normalized spacial score (nSPS) is 10.2. The van der Waals surface area contributed by atoms with Crippen molar-refractivity contribution in [1.82, 2.24) is 5.32 Å². The number of aromatic nitrogens is 1. The van der Waals surface area contributed by atoms with Crippen LogP contribution in [0.1, 0.15) is 22.8 Å². The zero-order chi connectivity index (χ0) is 15.2. The van der Waals surface area contributed by atoms with Gasteiger partial charge in [-0.15, -0.1) is 0 Å². The summed E-state index contributed by atoms with van der Waals surface area (Å²) in [6.45, 7) is 1.95. The number of carbonyl (C=O) groups is 2. The molecule has 4 nitrogen and oxygen atoms in total. The molecule has 2 rings (SSSR count). The Hall–Kier alpha value is -2.56. The second-order valence-electron chi connectivity index (χ2n) is 4.72. The molecule has 1 amide bonds. The summed E-state index contributed by atoms with van der Waals surface area (Å²) in [6, 6.07) is 9.39. The minimum Gasteiger partial charge on any atom is -0.347 e. The predicted octanol–water partition coefficient (Wildman–Crippen LogP) is 1.63. The Bertz CT molecular complexity index is 654. The predicted molar refractivity (Wildman–Crippen MR) is 74.9 cm³/mol. The van der Waals surface area contributed by atoms with Crippen molar-refractivity contribution >= 4 is 11.7 Å². The molecule has 1 aromatic carbocycles. The molecule has 5 heteroatoms. The van der Waals surface area contributed by atoms with E-state index >= 15 is 0 Å². The second-order valence-corrected chi connectivity index (χ2v) is 4.72. The topological polar surface area (TPSA) is 50.0 Å². The van der Waals surface area contributed by atoms with Gasteiger partial charge in [-0.3, -0.25) is 9.59 Å². The van der Waals surface area contributed by atoms with Crippen LogP contribution in [0, 0.1) is 5.82 Å². The van der Waals surface area contributed by atoms with Crippen molar-refractivity contribution in [2.24, 2.45) is 0 Å². The highest BCUT2D eigenvalue weighted by Gasteiger charge is 2.11. The first-order valence-electron chi connectivity index (χ1n) is 6.56. The van der Waals surface area contributed by atoms with Gasteiger partial charge in [-0.2, -0.15) is 4.57 Å². The van der Waals surface area contributed by atoms with Crippen LogP contribution in [0.4, 0.5) is 4.39 Å². The highest BCUT2D eigenvalue weighted by molar-refractivity contribution is 5.93. The molecule has 0 fully saturated rings. The average Bonchev–Trinajstić information content (AvgIpc) is 2.47. The zero-order valence-electron chi connectivity index (χ0n) is 11.7. The van der Waals surface area contributed by atoms with Crippen LogP contribution in [0.2, 0.25) is 0 Å². The summed E-state index contributed by atoms with van der Waals surface area (Å²) in [7, 11) is 0. The van der Waals surface area contributed by atoms with E-state index in [9.17, 15) is 14.0 Å². The lowest BCUT2D eigenvalue weighted by Gasteiger charge is -2.03. The Morgan fingerprint density at radius 3 is 2.57 bits per heavy atom. The fourth-order valence-corrected chi connectivity index (χ4v) is 1.85. The molecule has 2 aromatic rings. The van der Waals surface area contributed by atoms with Crippen molar-refractivity contribution in [3.63, 3.8) is 0 Å². The third-order valence-corrected chi connectivity index (χ3v) is 2.99. The third-order valence-electron chi connectivity index (χ3n) is 2.99. The second kappa shape index (κ2) is 6.74. The summed E-state index contributed by atoms with van der Waals surface area (Å²) in [6.07, 6.45) is 3.36. The summed E-state index contributed by atoms with van der Waals surface area (Å²) in [4.78, 5) is 23.1. The molecule has 0 saturated heterocycles. The molecule has 0 unspecified atom stereocenters. The first kappa shape index (κ1) is 14.8. The van der Waals surface area contributed by atoms with Gasteiger partial charge in [0.05, 0.1) is 5.56 Å². The first-order valence-corrected chi connectivity index (χ1v) is 6.56. The van der Waals surface area contributed by atoms with Crippen molar-refractivity contribution in [2.75, 3.05) is 0 Å². The molecule has 1 aromatic heterocycles. The van der Waals surface area contributed by atoms with E-state index in [1.54, 1.807) is 41.2 Å². The van der Waals surface area contributed by atoms with Crippen LogP contribution in [0.15, 0.2) is 48.8 Å². The lowest BCUT2D eigenvalue weighted by Crippen LogP contribution is -2.42. The van der Waals surface area contributed by atoms with E-state index in [1.165, 1.54) is 19.1 Å².